The van der Waals surface area contributed by atoms with Crippen LogP contribution in [-0.2, 0) is 5.92 Å². The average Bonchev–Trinajstić information content (AvgIpc) is 2.61. The van der Waals surface area contributed by atoms with E-state index in [1.807, 2.05) is 0 Å². The van der Waals surface area contributed by atoms with Crippen molar-refractivity contribution in [2.45, 2.75) is 12.1 Å². The molecule has 1 aromatic heterocycles. The molecule has 2 rings (SSSR count). The van der Waals surface area contributed by atoms with Crippen LogP contribution in [0.3, 0.4) is 0 Å². The summed E-state index contributed by atoms with van der Waals surface area (Å²) in [4.78, 5) is 3.09. The summed E-state index contributed by atoms with van der Waals surface area (Å²) in [5, 5.41) is 0. The standard InChI is InChI=1S/C9H5F5N2O/c10-8(11,9(12,13)14)7-16-6-4(15)2-1-3-5(6)17-7/h1-3H,15H2. The molecular formula is C9H5F5N2O. The van der Waals surface area contributed by atoms with Crippen molar-refractivity contribution in [1.82, 2.24) is 4.98 Å². The van der Waals surface area contributed by atoms with Crippen molar-refractivity contribution in [1.29, 1.82) is 0 Å². The van der Waals surface area contributed by atoms with E-state index in [1.54, 1.807) is 0 Å². The Kier molecular flexibility index (Phi) is 2.27. The molecule has 3 nitrogen and oxygen atoms in total. The van der Waals surface area contributed by atoms with E-state index in [2.05, 4.69) is 9.40 Å². The number of rotatable bonds is 1. The lowest BCUT2D eigenvalue weighted by Gasteiger charge is -2.15. The molecule has 2 aromatic rings. The summed E-state index contributed by atoms with van der Waals surface area (Å²) in [5.41, 5.74) is 4.91. The van der Waals surface area contributed by atoms with Crippen molar-refractivity contribution in [2.75, 3.05) is 5.73 Å². The fourth-order valence-electron chi connectivity index (χ4n) is 1.23. The number of benzene rings is 1. The van der Waals surface area contributed by atoms with Gasteiger partial charge in [0.05, 0.1) is 5.69 Å². The van der Waals surface area contributed by atoms with E-state index in [4.69, 9.17) is 5.73 Å². The number of oxazole rings is 1. The van der Waals surface area contributed by atoms with Gasteiger partial charge in [0, 0.05) is 0 Å². The molecule has 92 valence electrons. The van der Waals surface area contributed by atoms with E-state index in [-0.39, 0.29) is 16.8 Å². The maximum absolute atomic E-state index is 12.9. The van der Waals surface area contributed by atoms with Crippen molar-refractivity contribution in [3.8, 4) is 0 Å². The van der Waals surface area contributed by atoms with Crippen molar-refractivity contribution in [2.24, 2.45) is 0 Å². The van der Waals surface area contributed by atoms with Gasteiger partial charge in [0.15, 0.2) is 5.58 Å². The smallest absolute Gasteiger partial charge is 0.435 e. The Morgan fingerprint density at radius 3 is 2.29 bits per heavy atom. The largest absolute Gasteiger partial charge is 0.463 e. The van der Waals surface area contributed by atoms with Gasteiger partial charge in [0.25, 0.3) is 5.89 Å². The number of nitrogens with two attached hydrogens (primary N) is 1. The van der Waals surface area contributed by atoms with Gasteiger partial charge in [0.1, 0.15) is 5.52 Å². The molecule has 1 aromatic carbocycles. The van der Waals surface area contributed by atoms with Gasteiger partial charge in [-0.05, 0) is 12.1 Å². The summed E-state index contributed by atoms with van der Waals surface area (Å²) in [6.07, 6.45) is -5.76. The molecule has 0 aliphatic carbocycles. The number of aromatic nitrogens is 1. The van der Waals surface area contributed by atoms with Gasteiger partial charge in [0.2, 0.25) is 0 Å². The fourth-order valence-corrected chi connectivity index (χ4v) is 1.23. The molecule has 17 heavy (non-hydrogen) atoms. The molecule has 0 atom stereocenters. The first-order chi connectivity index (χ1) is 7.73. The molecular weight excluding hydrogens is 247 g/mol. The molecule has 0 unspecified atom stereocenters. The van der Waals surface area contributed by atoms with Gasteiger partial charge in [-0.15, -0.1) is 0 Å². The third kappa shape index (κ3) is 1.69. The van der Waals surface area contributed by atoms with E-state index in [0.717, 1.165) is 0 Å². The zero-order valence-corrected chi connectivity index (χ0v) is 8.05. The summed E-state index contributed by atoms with van der Waals surface area (Å²) < 4.78 is 66.4. The number of hydrogen-bond donors (Lipinski definition) is 1. The van der Waals surface area contributed by atoms with Gasteiger partial charge >= 0.3 is 12.1 Å². The van der Waals surface area contributed by atoms with Crippen molar-refractivity contribution >= 4 is 16.8 Å². The highest BCUT2D eigenvalue weighted by atomic mass is 19.4. The van der Waals surface area contributed by atoms with Crippen LogP contribution in [0, 0.1) is 0 Å². The minimum Gasteiger partial charge on any atom is -0.435 e. The van der Waals surface area contributed by atoms with Gasteiger partial charge in [-0.25, -0.2) is 4.98 Å². The quantitative estimate of drug-likeness (QED) is 0.626. The number of hydrogen-bond acceptors (Lipinski definition) is 3. The SMILES string of the molecule is Nc1cccc2oc(C(F)(F)C(F)(F)F)nc12. The lowest BCUT2D eigenvalue weighted by molar-refractivity contribution is -0.297. The van der Waals surface area contributed by atoms with Crippen LogP contribution in [0.15, 0.2) is 22.6 Å². The summed E-state index contributed by atoms with van der Waals surface area (Å²) in [6, 6.07) is 3.88. The molecule has 0 saturated heterocycles. The Hall–Kier alpha value is -1.86. The van der Waals surface area contributed by atoms with Crippen molar-refractivity contribution < 1.29 is 26.4 Å². The maximum Gasteiger partial charge on any atom is 0.463 e. The highest BCUT2D eigenvalue weighted by molar-refractivity contribution is 5.85. The van der Waals surface area contributed by atoms with E-state index in [9.17, 15) is 22.0 Å². The molecule has 0 amide bonds. The van der Waals surface area contributed by atoms with Gasteiger partial charge in [-0.2, -0.15) is 22.0 Å². The van der Waals surface area contributed by atoms with Crippen LogP contribution < -0.4 is 5.73 Å². The Balaban J connectivity index is 2.62. The lowest BCUT2D eigenvalue weighted by Crippen LogP contribution is -2.33. The fraction of sp³-hybridized carbons (Fsp3) is 0.222. The van der Waals surface area contributed by atoms with Crippen LogP contribution in [0.1, 0.15) is 5.89 Å². The minimum absolute atomic E-state index is 0.0320. The van der Waals surface area contributed by atoms with Crippen LogP contribution in [0.2, 0.25) is 0 Å². The number of halogens is 5. The maximum atomic E-state index is 12.9. The van der Waals surface area contributed by atoms with Crippen molar-refractivity contribution in [3.63, 3.8) is 0 Å². The van der Waals surface area contributed by atoms with E-state index < -0.39 is 18.0 Å². The molecule has 0 spiro atoms. The number of alkyl halides is 5. The van der Waals surface area contributed by atoms with Crippen LogP contribution in [0.5, 0.6) is 0 Å². The van der Waals surface area contributed by atoms with Crippen LogP contribution in [0.25, 0.3) is 11.1 Å². The number of anilines is 1. The first kappa shape index (κ1) is 11.6. The highest BCUT2D eigenvalue weighted by Gasteiger charge is 2.62. The third-order valence-corrected chi connectivity index (χ3v) is 2.07. The summed E-state index contributed by atoms with van der Waals surface area (Å²) >= 11 is 0. The Morgan fingerprint density at radius 1 is 1.12 bits per heavy atom. The van der Waals surface area contributed by atoms with Crippen molar-refractivity contribution in [3.05, 3.63) is 24.1 Å². The van der Waals surface area contributed by atoms with Crippen LogP contribution in [-0.4, -0.2) is 11.2 Å². The normalized spacial score (nSPS) is 13.2. The molecule has 0 aliphatic heterocycles. The highest BCUT2D eigenvalue weighted by Crippen LogP contribution is 2.44. The molecule has 0 fully saturated rings. The molecule has 0 bridgehead atoms. The van der Waals surface area contributed by atoms with Crippen LogP contribution >= 0.6 is 0 Å². The number of para-hydroxylation sites is 1. The van der Waals surface area contributed by atoms with E-state index >= 15 is 0 Å². The number of nitrogens with zero attached hydrogens (tertiary/aromatic N) is 1. The average molecular weight is 252 g/mol. The molecule has 1 heterocycles. The second-order valence-electron chi connectivity index (χ2n) is 3.29. The van der Waals surface area contributed by atoms with Crippen LogP contribution in [0.4, 0.5) is 27.6 Å². The predicted octanol–water partition coefficient (Wildman–Crippen LogP) is 3.06. The third-order valence-electron chi connectivity index (χ3n) is 2.07. The summed E-state index contributed by atoms with van der Waals surface area (Å²) in [7, 11) is 0. The Bertz CT molecular complexity index is 560. The molecule has 0 saturated carbocycles. The molecule has 0 radical (unpaired) electrons. The van der Waals surface area contributed by atoms with E-state index in [0.29, 0.717) is 0 Å². The number of fused-ring (bicyclic) bond motifs is 1. The summed E-state index contributed by atoms with van der Waals surface area (Å²) in [5.74, 6) is -6.85. The predicted molar refractivity (Wildman–Crippen MR) is 48.4 cm³/mol. The summed E-state index contributed by atoms with van der Waals surface area (Å²) in [6.45, 7) is 0. The Labute approximate surface area is 91.0 Å². The second-order valence-corrected chi connectivity index (χ2v) is 3.29. The van der Waals surface area contributed by atoms with E-state index in [1.165, 1.54) is 18.2 Å². The number of nitrogen functional groups attached to an aromatic ring is 1. The first-order valence-electron chi connectivity index (χ1n) is 4.33. The van der Waals surface area contributed by atoms with Gasteiger partial charge < -0.3 is 10.2 Å². The van der Waals surface area contributed by atoms with Gasteiger partial charge in [-0.3, -0.25) is 0 Å². The first-order valence-corrected chi connectivity index (χ1v) is 4.33. The molecule has 8 heteroatoms. The van der Waals surface area contributed by atoms with Gasteiger partial charge in [-0.1, -0.05) is 6.07 Å². The molecule has 2 N–H and O–H groups in total. The topological polar surface area (TPSA) is 52.0 Å². The zero-order valence-electron chi connectivity index (χ0n) is 8.05. The minimum atomic E-state index is -5.76. The monoisotopic (exact) mass is 252 g/mol. The molecule has 0 aliphatic rings. The second kappa shape index (κ2) is 3.31. The lowest BCUT2D eigenvalue weighted by atomic mass is 10.3. The zero-order chi connectivity index (χ0) is 12.8. The Morgan fingerprint density at radius 2 is 1.76 bits per heavy atom.